The van der Waals surface area contributed by atoms with Crippen LogP contribution in [0.25, 0.3) is 0 Å². The van der Waals surface area contributed by atoms with Crippen molar-refractivity contribution in [2.75, 3.05) is 28.4 Å². The number of pyridine rings is 1. The van der Waals surface area contributed by atoms with Crippen molar-refractivity contribution in [1.29, 1.82) is 0 Å². The van der Waals surface area contributed by atoms with E-state index in [9.17, 15) is 4.79 Å². The molecule has 35 heavy (non-hydrogen) atoms. The van der Waals surface area contributed by atoms with Gasteiger partial charge in [-0.1, -0.05) is 11.6 Å². The van der Waals surface area contributed by atoms with Crippen LogP contribution in [-0.2, 0) is 0 Å². The summed E-state index contributed by atoms with van der Waals surface area (Å²) in [6, 6.07) is 17.5. The molecule has 0 fully saturated rings. The van der Waals surface area contributed by atoms with Gasteiger partial charge in [-0.25, -0.2) is 19.7 Å². The number of hydrogen-bond donors (Lipinski definition) is 4. The Balaban J connectivity index is 1.40. The van der Waals surface area contributed by atoms with Crippen molar-refractivity contribution in [1.82, 2.24) is 15.0 Å². The summed E-state index contributed by atoms with van der Waals surface area (Å²) in [6.45, 7) is 3.82. The van der Waals surface area contributed by atoms with Crippen LogP contribution in [0.15, 0.2) is 66.9 Å². The van der Waals surface area contributed by atoms with Gasteiger partial charge in [0.15, 0.2) is 0 Å². The third-order valence-corrected chi connectivity index (χ3v) is 5.07. The Labute approximate surface area is 207 Å². The van der Waals surface area contributed by atoms with Gasteiger partial charge in [0.05, 0.1) is 12.8 Å². The van der Waals surface area contributed by atoms with Gasteiger partial charge in [-0.15, -0.1) is 0 Å². The Morgan fingerprint density at radius 2 is 1.54 bits per heavy atom. The number of anilines is 6. The zero-order chi connectivity index (χ0) is 24.8. The molecule has 4 N–H and O–H groups in total. The summed E-state index contributed by atoms with van der Waals surface area (Å²) in [5.41, 5.74) is 2.98. The summed E-state index contributed by atoms with van der Waals surface area (Å²) in [6.07, 6.45) is 1.74. The number of halogens is 1. The van der Waals surface area contributed by atoms with E-state index in [-0.39, 0.29) is 0 Å². The maximum Gasteiger partial charge on any atom is 0.323 e. The van der Waals surface area contributed by atoms with Gasteiger partial charge >= 0.3 is 6.03 Å². The van der Waals surface area contributed by atoms with E-state index in [2.05, 4.69) is 36.2 Å². The van der Waals surface area contributed by atoms with Crippen molar-refractivity contribution in [3.63, 3.8) is 0 Å². The molecule has 10 heteroatoms. The number of nitrogens with one attached hydrogen (secondary N) is 4. The molecule has 0 aliphatic carbocycles. The van der Waals surface area contributed by atoms with Gasteiger partial charge in [-0.3, -0.25) is 0 Å². The first-order valence-electron chi connectivity index (χ1n) is 10.7. The summed E-state index contributed by atoms with van der Waals surface area (Å²) < 4.78 is 5.25. The number of urea groups is 1. The standard InChI is InChI=1S/C25H24ClN7O2/c1-15-10-11-27-22(12-15)33-24-14-23(28-16(2)29-24)30-18-5-7-19(8-6-18)31-25(34)32-20-13-17(26)4-9-21(20)35-3/h4-14H,1-3H3,(H2,31,32,34)(H2,27,28,29,30,33). The lowest BCUT2D eigenvalue weighted by atomic mass is 10.2. The number of ether oxygens (including phenoxy) is 1. The number of carbonyl (C=O) groups is 1. The van der Waals surface area contributed by atoms with E-state index in [4.69, 9.17) is 16.3 Å². The lowest BCUT2D eigenvalue weighted by Gasteiger charge is -2.12. The largest absolute Gasteiger partial charge is 0.495 e. The van der Waals surface area contributed by atoms with Crippen LogP contribution >= 0.6 is 11.6 Å². The van der Waals surface area contributed by atoms with E-state index >= 15 is 0 Å². The fourth-order valence-electron chi connectivity index (χ4n) is 3.28. The Morgan fingerprint density at radius 3 is 2.26 bits per heavy atom. The van der Waals surface area contributed by atoms with Crippen LogP contribution in [0.5, 0.6) is 5.75 Å². The molecule has 0 bridgehead atoms. The number of amides is 2. The minimum atomic E-state index is -0.418. The van der Waals surface area contributed by atoms with E-state index < -0.39 is 6.03 Å². The van der Waals surface area contributed by atoms with E-state index in [1.54, 1.807) is 42.6 Å². The summed E-state index contributed by atoms with van der Waals surface area (Å²) in [5.74, 6) is 3.08. The zero-order valence-corrected chi connectivity index (χ0v) is 20.1. The van der Waals surface area contributed by atoms with Crippen molar-refractivity contribution < 1.29 is 9.53 Å². The Bertz CT molecular complexity index is 1350. The van der Waals surface area contributed by atoms with Crippen LogP contribution < -0.4 is 26.0 Å². The van der Waals surface area contributed by atoms with E-state index in [1.807, 2.05) is 38.1 Å². The quantitative estimate of drug-likeness (QED) is 0.241. The summed E-state index contributed by atoms with van der Waals surface area (Å²) in [4.78, 5) is 25.6. The zero-order valence-electron chi connectivity index (χ0n) is 19.4. The molecule has 4 aromatic rings. The SMILES string of the molecule is COc1ccc(Cl)cc1NC(=O)Nc1ccc(Nc2cc(Nc3cc(C)ccn3)nc(C)n2)cc1. The van der Waals surface area contributed by atoms with Crippen LogP contribution in [-0.4, -0.2) is 28.1 Å². The second-order valence-electron chi connectivity index (χ2n) is 7.66. The highest BCUT2D eigenvalue weighted by Gasteiger charge is 2.09. The lowest BCUT2D eigenvalue weighted by Crippen LogP contribution is -2.19. The normalized spacial score (nSPS) is 10.4. The van der Waals surface area contributed by atoms with Crippen LogP contribution in [0.2, 0.25) is 5.02 Å². The average Bonchev–Trinajstić information content (AvgIpc) is 2.80. The second kappa shape index (κ2) is 10.7. The molecule has 0 saturated carbocycles. The molecule has 0 saturated heterocycles. The number of carbonyl (C=O) groups excluding carboxylic acids is 1. The van der Waals surface area contributed by atoms with E-state index in [0.717, 1.165) is 11.3 Å². The highest BCUT2D eigenvalue weighted by Crippen LogP contribution is 2.28. The molecule has 4 rings (SSSR count). The Hall–Kier alpha value is -4.37. The average molecular weight is 490 g/mol. The molecule has 0 atom stereocenters. The minimum Gasteiger partial charge on any atom is -0.495 e. The first-order chi connectivity index (χ1) is 16.9. The molecular formula is C25H24ClN7O2. The summed E-state index contributed by atoms with van der Waals surface area (Å²) in [7, 11) is 1.52. The number of methoxy groups -OCH3 is 1. The Morgan fingerprint density at radius 1 is 0.829 bits per heavy atom. The highest BCUT2D eigenvalue weighted by molar-refractivity contribution is 6.31. The van der Waals surface area contributed by atoms with Crippen molar-refractivity contribution in [3.8, 4) is 5.75 Å². The molecule has 0 spiro atoms. The topological polar surface area (TPSA) is 113 Å². The fourth-order valence-corrected chi connectivity index (χ4v) is 3.45. The van der Waals surface area contributed by atoms with Gasteiger partial charge in [0.2, 0.25) is 0 Å². The van der Waals surface area contributed by atoms with Gasteiger partial charge in [-0.2, -0.15) is 0 Å². The second-order valence-corrected chi connectivity index (χ2v) is 8.09. The molecule has 178 valence electrons. The first kappa shape index (κ1) is 23.8. The van der Waals surface area contributed by atoms with Gasteiger partial charge in [0.25, 0.3) is 0 Å². The minimum absolute atomic E-state index is 0.418. The molecule has 0 unspecified atom stereocenters. The maximum atomic E-state index is 12.4. The van der Waals surface area contributed by atoms with Crippen molar-refractivity contribution >= 4 is 52.1 Å². The molecule has 2 aromatic heterocycles. The number of hydrogen-bond acceptors (Lipinski definition) is 7. The smallest absolute Gasteiger partial charge is 0.323 e. The van der Waals surface area contributed by atoms with Crippen molar-refractivity contribution in [3.05, 3.63) is 83.3 Å². The first-order valence-corrected chi connectivity index (χ1v) is 11.1. The van der Waals surface area contributed by atoms with Gasteiger partial charge < -0.3 is 26.0 Å². The number of nitrogens with zero attached hydrogens (tertiary/aromatic N) is 3. The maximum absolute atomic E-state index is 12.4. The van der Waals surface area contributed by atoms with Crippen LogP contribution in [0.3, 0.4) is 0 Å². The van der Waals surface area contributed by atoms with Crippen molar-refractivity contribution in [2.45, 2.75) is 13.8 Å². The molecule has 9 nitrogen and oxygen atoms in total. The molecule has 2 amide bonds. The van der Waals surface area contributed by atoms with Crippen molar-refractivity contribution in [2.24, 2.45) is 0 Å². The van der Waals surface area contributed by atoms with E-state index in [0.29, 0.717) is 45.4 Å². The number of rotatable bonds is 7. The predicted molar refractivity (Wildman–Crippen MR) is 139 cm³/mol. The molecule has 0 aliphatic heterocycles. The Kier molecular flexibility index (Phi) is 7.27. The fraction of sp³-hybridized carbons (Fsp3) is 0.120. The predicted octanol–water partition coefficient (Wildman–Crippen LogP) is 6.28. The van der Waals surface area contributed by atoms with Gasteiger partial charge in [0.1, 0.15) is 29.0 Å². The number of aromatic nitrogens is 3. The lowest BCUT2D eigenvalue weighted by molar-refractivity contribution is 0.262. The van der Waals surface area contributed by atoms with Gasteiger partial charge in [0, 0.05) is 28.7 Å². The molecule has 0 aliphatic rings. The summed E-state index contributed by atoms with van der Waals surface area (Å²) >= 11 is 6.02. The summed E-state index contributed by atoms with van der Waals surface area (Å²) in [5, 5.41) is 12.5. The third kappa shape index (κ3) is 6.58. The van der Waals surface area contributed by atoms with Crippen LogP contribution in [0, 0.1) is 13.8 Å². The molecular weight excluding hydrogens is 466 g/mol. The van der Waals surface area contributed by atoms with Gasteiger partial charge in [-0.05, 0) is 74.0 Å². The van der Waals surface area contributed by atoms with E-state index in [1.165, 1.54) is 7.11 Å². The highest BCUT2D eigenvalue weighted by atomic mass is 35.5. The van der Waals surface area contributed by atoms with Crippen LogP contribution in [0.1, 0.15) is 11.4 Å². The van der Waals surface area contributed by atoms with Crippen LogP contribution in [0.4, 0.5) is 39.3 Å². The molecule has 2 heterocycles. The molecule has 0 radical (unpaired) electrons. The molecule has 2 aromatic carbocycles. The monoisotopic (exact) mass is 489 g/mol. The third-order valence-electron chi connectivity index (χ3n) is 4.83. The number of benzene rings is 2. The number of aryl methyl sites for hydroxylation is 2.